The molecule has 0 fully saturated rings. The first kappa shape index (κ1) is 25.8. The van der Waals surface area contributed by atoms with Crippen LogP contribution in [0.4, 0.5) is 0 Å². The molecule has 0 amide bonds. The molecule has 2 rings (SSSR count). The average Bonchev–Trinajstić information content (AvgIpc) is 2.75. The monoisotopic (exact) mass is 528 g/mol. The van der Waals surface area contributed by atoms with E-state index in [0.29, 0.717) is 19.0 Å². The number of nitrogens with zero attached hydrogens (tertiary/aromatic N) is 2. The summed E-state index contributed by atoms with van der Waals surface area (Å²) in [6, 6.07) is 9.95. The number of methoxy groups -OCH3 is 2. The Hall–Kier alpha value is -2.23. The van der Waals surface area contributed by atoms with E-state index in [4.69, 9.17) is 14.2 Å². The Balaban J connectivity index is 0.00000450. The van der Waals surface area contributed by atoms with Gasteiger partial charge in [0, 0.05) is 24.8 Å². The zero-order chi connectivity index (χ0) is 20.9. The molecule has 30 heavy (non-hydrogen) atoms. The van der Waals surface area contributed by atoms with E-state index in [-0.39, 0.29) is 24.0 Å². The van der Waals surface area contributed by atoms with Crippen molar-refractivity contribution in [2.45, 2.75) is 33.2 Å². The van der Waals surface area contributed by atoms with Crippen molar-refractivity contribution < 1.29 is 14.2 Å². The molecule has 166 valence electrons. The van der Waals surface area contributed by atoms with Crippen molar-refractivity contribution in [2.75, 3.05) is 33.9 Å². The molecule has 0 aliphatic heterocycles. The van der Waals surface area contributed by atoms with Gasteiger partial charge in [0.1, 0.15) is 0 Å². The predicted octanol–water partition coefficient (Wildman–Crippen LogP) is 3.80. The molecule has 7 nitrogen and oxygen atoms in total. The lowest BCUT2D eigenvalue weighted by molar-refractivity contribution is 0.310. The summed E-state index contributed by atoms with van der Waals surface area (Å²) in [5.74, 6) is 2.95. The highest BCUT2D eigenvalue weighted by molar-refractivity contribution is 14.0. The second kappa shape index (κ2) is 14.7. The Kier molecular flexibility index (Phi) is 12.6. The third kappa shape index (κ3) is 8.25. The molecule has 0 bridgehead atoms. The second-order valence-corrected chi connectivity index (χ2v) is 6.32. The number of halogens is 1. The fourth-order valence-electron chi connectivity index (χ4n) is 2.88. The molecule has 0 saturated carbocycles. The highest BCUT2D eigenvalue weighted by atomic mass is 127. The first-order valence-electron chi connectivity index (χ1n) is 10.0. The van der Waals surface area contributed by atoms with Crippen molar-refractivity contribution >= 4 is 29.9 Å². The Bertz CT molecular complexity index is 787. The molecule has 0 unspecified atom stereocenters. The molecule has 8 heteroatoms. The Morgan fingerprint density at radius 3 is 2.60 bits per heavy atom. The quantitative estimate of drug-likeness (QED) is 0.200. The van der Waals surface area contributed by atoms with Gasteiger partial charge in [0.05, 0.1) is 27.4 Å². The zero-order valence-electron chi connectivity index (χ0n) is 18.2. The fraction of sp³-hybridized carbons (Fsp3) is 0.455. The minimum atomic E-state index is 0. The maximum absolute atomic E-state index is 5.65. The van der Waals surface area contributed by atoms with Crippen molar-refractivity contribution in [3.05, 3.63) is 47.7 Å². The lowest BCUT2D eigenvalue weighted by Crippen LogP contribution is -2.37. The number of ether oxygens (including phenoxy) is 3. The summed E-state index contributed by atoms with van der Waals surface area (Å²) in [5.41, 5.74) is 2.17. The third-order valence-corrected chi connectivity index (χ3v) is 4.26. The van der Waals surface area contributed by atoms with E-state index in [0.717, 1.165) is 49.0 Å². The number of pyridine rings is 1. The first-order chi connectivity index (χ1) is 14.2. The molecule has 0 aliphatic rings. The van der Waals surface area contributed by atoms with Crippen LogP contribution in [0.5, 0.6) is 17.4 Å². The van der Waals surface area contributed by atoms with Gasteiger partial charge in [0.2, 0.25) is 5.88 Å². The van der Waals surface area contributed by atoms with Gasteiger partial charge >= 0.3 is 0 Å². The second-order valence-electron chi connectivity index (χ2n) is 6.32. The molecule has 0 aliphatic carbocycles. The number of guanidine groups is 1. The number of rotatable bonds is 11. The summed E-state index contributed by atoms with van der Waals surface area (Å²) in [6.45, 7) is 6.75. The number of benzene rings is 1. The maximum Gasteiger partial charge on any atom is 0.218 e. The predicted molar refractivity (Wildman–Crippen MR) is 132 cm³/mol. The summed E-state index contributed by atoms with van der Waals surface area (Å²) in [5, 5.41) is 6.65. The molecular formula is C22H33IN4O3. The zero-order valence-corrected chi connectivity index (χ0v) is 20.6. The summed E-state index contributed by atoms with van der Waals surface area (Å²) >= 11 is 0. The first-order valence-corrected chi connectivity index (χ1v) is 10.0. The maximum atomic E-state index is 5.65. The molecule has 2 N–H and O–H groups in total. The van der Waals surface area contributed by atoms with Crippen molar-refractivity contribution in [3.63, 3.8) is 0 Å². The van der Waals surface area contributed by atoms with E-state index >= 15 is 0 Å². The minimum absolute atomic E-state index is 0. The van der Waals surface area contributed by atoms with Crippen molar-refractivity contribution in [3.8, 4) is 17.4 Å². The van der Waals surface area contributed by atoms with Gasteiger partial charge in [-0.05, 0) is 50.5 Å². The summed E-state index contributed by atoms with van der Waals surface area (Å²) in [6.07, 6.45) is 3.62. The van der Waals surface area contributed by atoms with Crippen molar-refractivity contribution in [1.29, 1.82) is 0 Å². The van der Waals surface area contributed by atoms with E-state index < -0.39 is 0 Å². The smallest absolute Gasteiger partial charge is 0.218 e. The lowest BCUT2D eigenvalue weighted by Gasteiger charge is -2.13. The molecule has 1 aromatic heterocycles. The number of aryl methyl sites for hydroxylation is 1. The van der Waals surface area contributed by atoms with Gasteiger partial charge in [-0.2, -0.15) is 0 Å². The highest BCUT2D eigenvalue weighted by Gasteiger charge is 2.06. The molecular weight excluding hydrogens is 495 g/mol. The number of hydrogen-bond donors (Lipinski definition) is 2. The van der Waals surface area contributed by atoms with E-state index in [1.807, 2.05) is 25.1 Å². The van der Waals surface area contributed by atoms with E-state index in [2.05, 4.69) is 39.7 Å². The third-order valence-electron chi connectivity index (χ3n) is 4.26. The van der Waals surface area contributed by atoms with Gasteiger partial charge in [-0.1, -0.05) is 12.1 Å². The van der Waals surface area contributed by atoms with Crippen LogP contribution in [0.25, 0.3) is 0 Å². The Labute approximate surface area is 196 Å². The number of nitrogens with one attached hydrogen (secondary N) is 2. The fourth-order valence-corrected chi connectivity index (χ4v) is 2.88. The van der Waals surface area contributed by atoms with Crippen LogP contribution in [0, 0.1) is 0 Å². The van der Waals surface area contributed by atoms with Crippen LogP contribution in [-0.2, 0) is 13.0 Å². The van der Waals surface area contributed by atoms with Crippen LogP contribution >= 0.6 is 24.0 Å². The molecule has 0 spiro atoms. The number of hydrogen-bond acceptors (Lipinski definition) is 5. The van der Waals surface area contributed by atoms with Crippen molar-refractivity contribution in [2.24, 2.45) is 4.99 Å². The van der Waals surface area contributed by atoms with Crippen LogP contribution in [0.1, 0.15) is 31.4 Å². The van der Waals surface area contributed by atoms with Crippen LogP contribution in [-0.4, -0.2) is 44.9 Å². The molecule has 0 radical (unpaired) electrons. The van der Waals surface area contributed by atoms with Gasteiger partial charge < -0.3 is 24.8 Å². The molecule has 0 atom stereocenters. The molecule has 0 saturated heterocycles. The van der Waals surface area contributed by atoms with Crippen LogP contribution in [0.15, 0.2) is 41.5 Å². The van der Waals surface area contributed by atoms with E-state index in [9.17, 15) is 0 Å². The summed E-state index contributed by atoms with van der Waals surface area (Å²) in [4.78, 5) is 8.85. The van der Waals surface area contributed by atoms with Gasteiger partial charge in [-0.25, -0.2) is 9.98 Å². The molecule has 1 aromatic carbocycles. The largest absolute Gasteiger partial charge is 0.493 e. The van der Waals surface area contributed by atoms with Gasteiger partial charge in [-0.3, -0.25) is 0 Å². The van der Waals surface area contributed by atoms with Crippen LogP contribution in [0.2, 0.25) is 0 Å². The van der Waals surface area contributed by atoms with E-state index in [1.165, 1.54) is 5.56 Å². The average molecular weight is 528 g/mol. The summed E-state index contributed by atoms with van der Waals surface area (Å²) in [7, 11) is 3.28. The SMILES string of the molecule is CCNC(=NCc1cccnc1OC)NCCCc1ccc(OC)c(OCC)c1.I. The highest BCUT2D eigenvalue weighted by Crippen LogP contribution is 2.28. The number of aliphatic imine (C=N–C) groups is 1. The van der Waals surface area contributed by atoms with Gasteiger partial charge in [0.15, 0.2) is 17.5 Å². The van der Waals surface area contributed by atoms with Crippen LogP contribution in [0.3, 0.4) is 0 Å². The Morgan fingerprint density at radius 1 is 1.07 bits per heavy atom. The Morgan fingerprint density at radius 2 is 1.90 bits per heavy atom. The van der Waals surface area contributed by atoms with Crippen LogP contribution < -0.4 is 24.8 Å². The van der Waals surface area contributed by atoms with Gasteiger partial charge in [-0.15, -0.1) is 24.0 Å². The number of aromatic nitrogens is 1. The normalized spacial score (nSPS) is 10.7. The molecule has 2 aromatic rings. The summed E-state index contributed by atoms with van der Waals surface area (Å²) < 4.78 is 16.3. The van der Waals surface area contributed by atoms with E-state index in [1.54, 1.807) is 20.4 Å². The molecule has 1 heterocycles. The minimum Gasteiger partial charge on any atom is -0.493 e. The standard InChI is InChI=1S/C22H32N4O3.HI/c1-5-23-22(26-16-18-10-8-13-24-21(18)28-4)25-14-7-9-17-11-12-19(27-3)20(15-17)29-6-2;/h8,10-13,15H,5-7,9,14,16H2,1-4H3,(H2,23,25,26);1H. The van der Waals surface area contributed by atoms with Gasteiger partial charge in [0.25, 0.3) is 0 Å². The van der Waals surface area contributed by atoms with Crippen molar-refractivity contribution in [1.82, 2.24) is 15.6 Å². The topological polar surface area (TPSA) is 77.0 Å². The lowest BCUT2D eigenvalue weighted by atomic mass is 10.1.